The first-order valence-electron chi connectivity index (χ1n) is 14.0. The zero-order valence-electron chi connectivity index (χ0n) is 24.5. The Balaban J connectivity index is 5.75. The monoisotopic (exact) mass is 538 g/mol. The van der Waals surface area contributed by atoms with Crippen LogP contribution < -0.4 is 0 Å². The fraction of sp³-hybridized carbons (Fsp3) is 1.00. The molecule has 0 saturated heterocycles. The van der Waals surface area contributed by atoms with Crippen molar-refractivity contribution in [3.63, 3.8) is 0 Å². The van der Waals surface area contributed by atoms with E-state index in [2.05, 4.69) is 46.2 Å². The highest BCUT2D eigenvalue weighted by Crippen LogP contribution is 2.67. The van der Waals surface area contributed by atoms with Gasteiger partial charge in [-0.05, 0) is 46.8 Å². The summed E-state index contributed by atoms with van der Waals surface area (Å²) in [6.45, 7) is 22.6. The molecule has 5 nitrogen and oxygen atoms in total. The van der Waals surface area contributed by atoms with Crippen LogP contribution in [-0.2, 0) is 22.8 Å². The van der Waals surface area contributed by atoms with Gasteiger partial charge in [0.1, 0.15) is 4.78 Å². The number of hydrogen-bond donors (Lipinski definition) is 0. The third-order valence-corrected chi connectivity index (χ3v) is 15.9. The Bertz CT molecular complexity index is 552. The van der Waals surface area contributed by atoms with Gasteiger partial charge in [-0.15, -0.1) is 0 Å². The Morgan fingerprint density at radius 3 is 1.47 bits per heavy atom. The largest absolute Gasteiger partial charge is 0.392 e. The first-order valence-corrected chi connectivity index (χ1v) is 22.5. The Morgan fingerprint density at radius 2 is 1.12 bits per heavy atom. The highest BCUT2D eigenvalue weighted by Gasteiger charge is 2.64. The molecule has 0 heterocycles. The van der Waals surface area contributed by atoms with E-state index in [1.807, 2.05) is 20.8 Å². The van der Waals surface area contributed by atoms with Gasteiger partial charge in [-0.25, -0.2) is 0 Å². The van der Waals surface area contributed by atoms with Crippen molar-refractivity contribution in [2.24, 2.45) is 0 Å². The summed E-state index contributed by atoms with van der Waals surface area (Å²) in [5.74, 6) is 0. The second kappa shape index (κ2) is 17.1. The SMILES string of the molecule is CCCCCCCCCCCCC(C(OCC)O[Si](C)(C)C)([Si](C)(C)C)P(=O)(OCC)OCC. The molecule has 0 fully saturated rings. The average molecular weight is 539 g/mol. The maximum atomic E-state index is 14.6. The summed E-state index contributed by atoms with van der Waals surface area (Å²) < 4.78 is 39.0. The molecule has 0 spiro atoms. The minimum Gasteiger partial charge on any atom is -0.392 e. The van der Waals surface area contributed by atoms with Gasteiger partial charge in [-0.3, -0.25) is 4.57 Å². The third kappa shape index (κ3) is 11.3. The predicted octanol–water partition coefficient (Wildman–Crippen LogP) is 9.39. The van der Waals surface area contributed by atoms with Crippen molar-refractivity contribution < 1.29 is 22.8 Å². The Hall–Kier alpha value is 0.504. The third-order valence-electron chi connectivity index (χ3n) is 6.47. The van der Waals surface area contributed by atoms with Crippen molar-refractivity contribution in [3.05, 3.63) is 0 Å². The molecule has 206 valence electrons. The van der Waals surface area contributed by atoms with E-state index < -0.39 is 35.1 Å². The molecule has 2 unspecified atom stereocenters. The standard InChI is InChI=1S/C26H59O5PSi2/c1-11-15-16-17-18-19-20-21-22-23-24-26(33(5,6)7,32(27,29-13-3)30-14-4)25(28-12-2)31-34(8,9)10/h25H,11-24H2,1-10H3. The van der Waals surface area contributed by atoms with Gasteiger partial charge in [-0.2, -0.15) is 0 Å². The molecule has 0 saturated carbocycles. The number of ether oxygens (including phenoxy) is 1. The van der Waals surface area contributed by atoms with Gasteiger partial charge in [0.05, 0.1) is 21.3 Å². The van der Waals surface area contributed by atoms with E-state index in [4.69, 9.17) is 18.2 Å². The van der Waals surface area contributed by atoms with Crippen molar-refractivity contribution in [2.45, 2.75) is 149 Å². The fourth-order valence-corrected chi connectivity index (χ4v) is 13.4. The molecular weight excluding hydrogens is 479 g/mol. The highest BCUT2D eigenvalue weighted by molar-refractivity contribution is 7.59. The van der Waals surface area contributed by atoms with Crippen LogP contribution in [-0.4, -0.2) is 47.3 Å². The van der Waals surface area contributed by atoms with Crippen LogP contribution >= 0.6 is 7.60 Å². The van der Waals surface area contributed by atoms with E-state index in [0.717, 1.165) is 19.3 Å². The maximum Gasteiger partial charge on any atom is 0.339 e. The normalized spacial score (nSPS) is 15.9. The van der Waals surface area contributed by atoms with Crippen molar-refractivity contribution in [1.82, 2.24) is 0 Å². The Kier molecular flexibility index (Phi) is 17.3. The second-order valence-corrected chi connectivity index (χ2v) is 24.0. The van der Waals surface area contributed by atoms with Gasteiger partial charge in [0.25, 0.3) is 0 Å². The van der Waals surface area contributed by atoms with Crippen molar-refractivity contribution in [1.29, 1.82) is 0 Å². The zero-order chi connectivity index (χ0) is 26.3. The lowest BCUT2D eigenvalue weighted by Crippen LogP contribution is -2.63. The molecule has 0 N–H and O–H groups in total. The molecule has 0 aromatic heterocycles. The lowest BCUT2D eigenvalue weighted by atomic mass is 10.0. The van der Waals surface area contributed by atoms with E-state index in [-0.39, 0.29) is 0 Å². The molecule has 0 aliphatic rings. The average Bonchev–Trinajstić information content (AvgIpc) is 2.70. The van der Waals surface area contributed by atoms with Crippen LogP contribution in [0.15, 0.2) is 0 Å². The molecular formula is C26H59O5PSi2. The van der Waals surface area contributed by atoms with E-state index in [9.17, 15) is 4.57 Å². The molecule has 34 heavy (non-hydrogen) atoms. The molecule has 0 rings (SSSR count). The quantitative estimate of drug-likeness (QED) is 0.0594. The number of unbranched alkanes of at least 4 members (excludes halogenated alkanes) is 9. The number of rotatable bonds is 22. The first-order chi connectivity index (χ1) is 15.8. The lowest BCUT2D eigenvalue weighted by molar-refractivity contribution is -0.0996. The first kappa shape index (κ1) is 34.5. The Morgan fingerprint density at radius 1 is 0.676 bits per heavy atom. The molecule has 0 amide bonds. The smallest absolute Gasteiger partial charge is 0.339 e. The van der Waals surface area contributed by atoms with Gasteiger partial charge in [0, 0.05) is 6.61 Å². The van der Waals surface area contributed by atoms with Gasteiger partial charge < -0.3 is 18.2 Å². The topological polar surface area (TPSA) is 54.0 Å². The zero-order valence-corrected chi connectivity index (χ0v) is 27.4. The van der Waals surface area contributed by atoms with Crippen LogP contribution in [0.2, 0.25) is 39.3 Å². The molecule has 0 radical (unpaired) electrons. The van der Waals surface area contributed by atoms with Crippen LogP contribution in [0.5, 0.6) is 0 Å². The molecule has 0 aliphatic heterocycles. The van der Waals surface area contributed by atoms with Crippen molar-refractivity contribution in [3.8, 4) is 0 Å². The summed E-state index contributed by atoms with van der Waals surface area (Å²) in [6, 6.07) is 0. The summed E-state index contributed by atoms with van der Waals surface area (Å²) >= 11 is 0. The summed E-state index contributed by atoms with van der Waals surface area (Å²) in [4.78, 5) is 0. The van der Waals surface area contributed by atoms with Crippen LogP contribution in [0.4, 0.5) is 0 Å². The summed E-state index contributed by atoms with van der Waals surface area (Å²) in [7, 11) is -7.66. The minimum absolute atomic E-state index is 0.354. The molecule has 8 heteroatoms. The van der Waals surface area contributed by atoms with E-state index in [1.54, 1.807) is 0 Å². The van der Waals surface area contributed by atoms with Crippen LogP contribution in [0, 0.1) is 0 Å². The predicted molar refractivity (Wildman–Crippen MR) is 153 cm³/mol. The van der Waals surface area contributed by atoms with E-state index in [1.165, 1.54) is 51.4 Å². The molecule has 0 aliphatic carbocycles. The summed E-state index contributed by atoms with van der Waals surface area (Å²) in [6.07, 6.45) is 12.9. The van der Waals surface area contributed by atoms with Crippen molar-refractivity contribution >= 4 is 24.0 Å². The molecule has 2 atom stereocenters. The van der Waals surface area contributed by atoms with E-state index in [0.29, 0.717) is 19.8 Å². The van der Waals surface area contributed by atoms with Gasteiger partial charge >= 0.3 is 7.60 Å². The van der Waals surface area contributed by atoms with Gasteiger partial charge in [-0.1, -0.05) is 90.8 Å². The highest BCUT2D eigenvalue weighted by atomic mass is 31.2. The summed E-state index contributed by atoms with van der Waals surface area (Å²) in [5, 5.41) is 0. The van der Waals surface area contributed by atoms with Crippen LogP contribution in [0.1, 0.15) is 98.3 Å². The van der Waals surface area contributed by atoms with Gasteiger partial charge in [0.2, 0.25) is 0 Å². The summed E-state index contributed by atoms with van der Waals surface area (Å²) in [5.41, 5.74) is 0. The van der Waals surface area contributed by atoms with Crippen LogP contribution in [0.3, 0.4) is 0 Å². The molecule has 0 aromatic carbocycles. The Labute approximate surface area is 215 Å². The van der Waals surface area contributed by atoms with Gasteiger partial charge in [0.15, 0.2) is 14.6 Å². The minimum atomic E-state index is -3.50. The van der Waals surface area contributed by atoms with Crippen molar-refractivity contribution in [2.75, 3.05) is 19.8 Å². The number of hydrogen-bond acceptors (Lipinski definition) is 5. The fourth-order valence-electron chi connectivity index (χ4n) is 4.75. The second-order valence-electron chi connectivity index (χ2n) is 11.5. The molecule has 0 aromatic rings. The maximum absolute atomic E-state index is 14.6. The lowest BCUT2D eigenvalue weighted by Gasteiger charge is -2.51. The van der Waals surface area contributed by atoms with Crippen LogP contribution in [0.25, 0.3) is 0 Å². The molecule has 0 bridgehead atoms. The van der Waals surface area contributed by atoms with E-state index >= 15 is 0 Å².